The molecule has 0 unspecified atom stereocenters. The summed E-state index contributed by atoms with van der Waals surface area (Å²) in [7, 11) is 1.52. The Morgan fingerprint density at radius 3 is 2.38 bits per heavy atom. The van der Waals surface area contributed by atoms with E-state index in [0.717, 1.165) is 12.1 Å². The average Bonchev–Trinajstić information content (AvgIpc) is 2.87. The fourth-order valence-corrected chi connectivity index (χ4v) is 4.70. The Morgan fingerprint density at radius 1 is 1.13 bits per heavy atom. The summed E-state index contributed by atoms with van der Waals surface area (Å²) in [4.78, 5) is 45.0. The molecule has 0 saturated heterocycles. The van der Waals surface area contributed by atoms with Crippen LogP contribution < -0.4 is 16.2 Å². The van der Waals surface area contributed by atoms with Crippen molar-refractivity contribution in [1.29, 1.82) is 0 Å². The summed E-state index contributed by atoms with van der Waals surface area (Å²) >= 11 is 5.78. The molecule has 12 heteroatoms. The minimum Gasteiger partial charge on any atom is -0.355 e. The van der Waals surface area contributed by atoms with Gasteiger partial charge < -0.3 is 15.5 Å². The highest BCUT2D eigenvalue weighted by Gasteiger charge is 2.39. The van der Waals surface area contributed by atoms with Crippen LogP contribution in [-0.4, -0.2) is 45.4 Å². The number of benzene rings is 2. The molecule has 0 saturated carbocycles. The van der Waals surface area contributed by atoms with Crippen LogP contribution in [0.25, 0.3) is 5.69 Å². The molecule has 39 heavy (non-hydrogen) atoms. The third kappa shape index (κ3) is 5.63. The molecule has 1 aliphatic heterocycles. The molecule has 2 heterocycles. The van der Waals surface area contributed by atoms with Crippen LogP contribution in [0.4, 0.5) is 19.1 Å². The van der Waals surface area contributed by atoms with Crippen molar-refractivity contribution in [3.63, 3.8) is 0 Å². The van der Waals surface area contributed by atoms with Gasteiger partial charge in [0, 0.05) is 35.3 Å². The Morgan fingerprint density at radius 2 is 1.79 bits per heavy atom. The van der Waals surface area contributed by atoms with E-state index in [2.05, 4.69) is 15.6 Å². The SMILES string of the molecule is CNC(=O)c1ccc(-n2c(NC(C)C)nc3c(c2=O)C[C@@H](C)N(C(=O)c2ccc(Cl)cc2C(F)(F)F)C3)cc1. The highest BCUT2D eigenvalue weighted by Crippen LogP contribution is 2.35. The van der Waals surface area contributed by atoms with Crippen LogP contribution >= 0.6 is 11.6 Å². The second-order valence-corrected chi connectivity index (χ2v) is 10.0. The second-order valence-electron chi connectivity index (χ2n) is 9.60. The van der Waals surface area contributed by atoms with E-state index in [4.69, 9.17) is 11.6 Å². The maximum Gasteiger partial charge on any atom is 0.417 e. The molecule has 0 fully saturated rings. The Kier molecular flexibility index (Phi) is 7.74. The highest BCUT2D eigenvalue weighted by atomic mass is 35.5. The lowest BCUT2D eigenvalue weighted by Gasteiger charge is -2.35. The Bertz CT molecular complexity index is 1490. The summed E-state index contributed by atoms with van der Waals surface area (Å²) in [5.74, 6) is -0.886. The minimum absolute atomic E-state index is 0.0974. The molecule has 2 amide bonds. The van der Waals surface area contributed by atoms with Crippen molar-refractivity contribution in [2.75, 3.05) is 12.4 Å². The summed E-state index contributed by atoms with van der Waals surface area (Å²) in [5.41, 5.74) is -0.443. The van der Waals surface area contributed by atoms with Crippen LogP contribution in [0.2, 0.25) is 5.02 Å². The van der Waals surface area contributed by atoms with Crippen LogP contribution in [0.5, 0.6) is 0 Å². The predicted octanol–water partition coefficient (Wildman–Crippen LogP) is 4.67. The van der Waals surface area contributed by atoms with Gasteiger partial charge in [-0.1, -0.05) is 11.6 Å². The summed E-state index contributed by atoms with van der Waals surface area (Å²) < 4.78 is 42.5. The summed E-state index contributed by atoms with van der Waals surface area (Å²) in [6, 6.07) is 8.78. The predicted molar refractivity (Wildman–Crippen MR) is 141 cm³/mol. The fourth-order valence-electron chi connectivity index (χ4n) is 4.52. The summed E-state index contributed by atoms with van der Waals surface area (Å²) in [5, 5.41) is 5.55. The lowest BCUT2D eigenvalue weighted by atomic mass is 9.97. The molecular weight excluding hydrogens is 535 g/mol. The van der Waals surface area contributed by atoms with E-state index in [1.165, 1.54) is 22.6 Å². The van der Waals surface area contributed by atoms with Crippen molar-refractivity contribution in [2.24, 2.45) is 0 Å². The van der Waals surface area contributed by atoms with Gasteiger partial charge in [-0.25, -0.2) is 9.55 Å². The number of rotatable bonds is 5. The van der Waals surface area contributed by atoms with Crippen molar-refractivity contribution in [1.82, 2.24) is 19.8 Å². The number of nitrogens with one attached hydrogen (secondary N) is 2. The Balaban J connectivity index is 1.78. The molecule has 1 aliphatic rings. The summed E-state index contributed by atoms with van der Waals surface area (Å²) in [6.07, 6.45) is -4.68. The largest absolute Gasteiger partial charge is 0.417 e. The molecule has 2 aromatic carbocycles. The zero-order valence-electron chi connectivity index (χ0n) is 21.7. The fraction of sp³-hybridized carbons (Fsp3) is 0.333. The number of amides is 2. The molecule has 206 valence electrons. The molecule has 0 spiro atoms. The molecular formula is C27H27ClF3N5O3. The second kappa shape index (κ2) is 10.7. The molecule has 0 radical (unpaired) electrons. The van der Waals surface area contributed by atoms with Gasteiger partial charge in [-0.2, -0.15) is 13.2 Å². The molecule has 2 N–H and O–H groups in total. The van der Waals surface area contributed by atoms with E-state index >= 15 is 0 Å². The van der Waals surface area contributed by atoms with Crippen molar-refractivity contribution in [2.45, 2.75) is 52.0 Å². The van der Waals surface area contributed by atoms with E-state index < -0.39 is 29.3 Å². The monoisotopic (exact) mass is 561 g/mol. The molecule has 8 nitrogen and oxygen atoms in total. The van der Waals surface area contributed by atoms with Crippen molar-refractivity contribution >= 4 is 29.4 Å². The molecule has 0 bridgehead atoms. The first-order chi connectivity index (χ1) is 18.3. The number of carbonyl (C=O) groups is 2. The van der Waals surface area contributed by atoms with Gasteiger partial charge in [-0.3, -0.25) is 14.4 Å². The number of halogens is 4. The first-order valence-electron chi connectivity index (χ1n) is 12.2. The van der Waals surface area contributed by atoms with Crippen LogP contribution in [0, 0.1) is 0 Å². The lowest BCUT2D eigenvalue weighted by Crippen LogP contribution is -2.46. The summed E-state index contributed by atoms with van der Waals surface area (Å²) in [6.45, 7) is 5.25. The molecule has 4 rings (SSSR count). The van der Waals surface area contributed by atoms with Gasteiger partial charge in [-0.15, -0.1) is 0 Å². The van der Waals surface area contributed by atoms with E-state index in [0.29, 0.717) is 22.5 Å². The normalized spacial score (nSPS) is 15.2. The maximum atomic E-state index is 13.7. The first-order valence-corrected chi connectivity index (χ1v) is 12.6. The van der Waals surface area contributed by atoms with Gasteiger partial charge >= 0.3 is 6.18 Å². The maximum absolute atomic E-state index is 13.7. The molecule has 1 atom stereocenters. The van der Waals surface area contributed by atoms with Crippen LogP contribution in [0.15, 0.2) is 47.3 Å². The van der Waals surface area contributed by atoms with E-state index in [-0.39, 0.29) is 41.4 Å². The van der Waals surface area contributed by atoms with Crippen LogP contribution in [0.1, 0.15) is 58.3 Å². The number of fused-ring (bicyclic) bond motifs is 1. The van der Waals surface area contributed by atoms with Gasteiger partial charge in [-0.05, 0) is 69.7 Å². The van der Waals surface area contributed by atoms with Crippen LogP contribution in [-0.2, 0) is 19.1 Å². The highest BCUT2D eigenvalue weighted by molar-refractivity contribution is 6.30. The van der Waals surface area contributed by atoms with Gasteiger partial charge in [0.2, 0.25) is 5.95 Å². The first kappa shape index (κ1) is 28.2. The van der Waals surface area contributed by atoms with Crippen molar-refractivity contribution in [3.8, 4) is 5.69 Å². The zero-order valence-corrected chi connectivity index (χ0v) is 22.4. The number of anilines is 1. The van der Waals surface area contributed by atoms with Gasteiger partial charge in [0.25, 0.3) is 17.4 Å². The van der Waals surface area contributed by atoms with Gasteiger partial charge in [0.15, 0.2) is 0 Å². The van der Waals surface area contributed by atoms with Crippen molar-refractivity contribution < 1.29 is 22.8 Å². The van der Waals surface area contributed by atoms with Gasteiger partial charge in [0.05, 0.1) is 29.1 Å². The van der Waals surface area contributed by atoms with Crippen LogP contribution in [0.3, 0.4) is 0 Å². The zero-order chi connectivity index (χ0) is 28.6. The number of alkyl halides is 3. The topological polar surface area (TPSA) is 96.3 Å². The third-order valence-corrected chi connectivity index (χ3v) is 6.66. The lowest BCUT2D eigenvalue weighted by molar-refractivity contribution is -0.138. The molecule has 0 aliphatic carbocycles. The average molecular weight is 562 g/mol. The van der Waals surface area contributed by atoms with E-state index in [9.17, 15) is 27.6 Å². The number of aromatic nitrogens is 2. The number of hydrogen-bond donors (Lipinski definition) is 2. The minimum atomic E-state index is -4.78. The molecule has 3 aromatic rings. The van der Waals surface area contributed by atoms with E-state index in [1.54, 1.807) is 31.2 Å². The number of nitrogens with zero attached hydrogens (tertiary/aromatic N) is 3. The standard InChI is InChI=1S/C27H27ClF3N5O3/c1-14(2)33-26-34-22-13-35(24(38)19-10-7-17(28)12-21(19)27(29,30)31)15(3)11-20(22)25(39)36(26)18-8-5-16(6-9-18)23(37)32-4/h5-10,12,14-15H,11,13H2,1-4H3,(H,32,37)(H,33,34)/t15-/m1/s1. The molecule has 1 aromatic heterocycles. The van der Waals surface area contributed by atoms with Crippen molar-refractivity contribution in [3.05, 3.63) is 85.8 Å². The Labute approximate surface area is 227 Å². The quantitative estimate of drug-likeness (QED) is 0.472. The number of carbonyl (C=O) groups excluding carboxylic acids is 2. The van der Waals surface area contributed by atoms with Gasteiger partial charge in [0.1, 0.15) is 0 Å². The smallest absolute Gasteiger partial charge is 0.355 e. The van der Waals surface area contributed by atoms with E-state index in [1.807, 2.05) is 13.8 Å². The Hall–Kier alpha value is -3.86. The number of hydrogen-bond acceptors (Lipinski definition) is 5. The third-order valence-electron chi connectivity index (χ3n) is 6.42.